The zero-order chi connectivity index (χ0) is 8.97. The lowest BCUT2D eigenvalue weighted by molar-refractivity contribution is 0.108. The molecule has 1 heterocycles. The fourth-order valence-corrected chi connectivity index (χ4v) is 1.33. The van der Waals surface area contributed by atoms with Gasteiger partial charge in [0, 0.05) is 31.8 Å². The van der Waals surface area contributed by atoms with Gasteiger partial charge in [0.05, 0.1) is 0 Å². The molecule has 0 aromatic rings. The van der Waals surface area contributed by atoms with Crippen molar-refractivity contribution in [3.8, 4) is 0 Å². The summed E-state index contributed by atoms with van der Waals surface area (Å²) in [7, 11) is 0. The second-order valence-corrected chi connectivity index (χ2v) is 3.62. The van der Waals surface area contributed by atoms with Crippen molar-refractivity contribution >= 4 is 28.4 Å². The van der Waals surface area contributed by atoms with Gasteiger partial charge < -0.3 is 10.0 Å². The lowest BCUT2D eigenvalue weighted by Gasteiger charge is -2.39. The normalized spacial score (nSPS) is 20.2. The van der Waals surface area contributed by atoms with E-state index in [0.717, 1.165) is 18.9 Å². The van der Waals surface area contributed by atoms with Crippen molar-refractivity contribution in [2.24, 2.45) is 10.9 Å². The van der Waals surface area contributed by atoms with Crippen molar-refractivity contribution in [3.63, 3.8) is 0 Å². The molecule has 0 radical (unpaired) electrons. The maximum atomic E-state index is 8.78. The highest BCUT2D eigenvalue weighted by Gasteiger charge is 2.26. The van der Waals surface area contributed by atoms with Gasteiger partial charge in [-0.3, -0.25) is 0 Å². The third kappa shape index (κ3) is 2.45. The Morgan fingerprint density at radius 1 is 1.75 bits per heavy atom. The number of amidine groups is 1. The maximum Gasteiger partial charge on any atom is 0.101 e. The third-order valence-electron chi connectivity index (χ3n) is 1.99. The molecule has 0 aliphatic carbocycles. The molecule has 1 aliphatic rings. The average Bonchev–Trinajstić information content (AvgIpc) is 1.99. The van der Waals surface area contributed by atoms with Crippen LogP contribution in [-0.2, 0) is 0 Å². The topological polar surface area (TPSA) is 35.8 Å². The van der Waals surface area contributed by atoms with Gasteiger partial charge in [0.15, 0.2) is 0 Å². The smallest absolute Gasteiger partial charge is 0.101 e. The fourth-order valence-electron chi connectivity index (χ4n) is 1.17. The van der Waals surface area contributed by atoms with Crippen LogP contribution in [0.5, 0.6) is 0 Å². The number of aliphatic hydroxyl groups is 1. The van der Waals surface area contributed by atoms with Crippen molar-refractivity contribution in [1.29, 1.82) is 0 Å². The van der Waals surface area contributed by atoms with Crippen molar-refractivity contribution in [2.75, 3.05) is 19.7 Å². The highest BCUT2D eigenvalue weighted by molar-refractivity contribution is 14.1. The Morgan fingerprint density at radius 2 is 2.42 bits per heavy atom. The van der Waals surface area contributed by atoms with Gasteiger partial charge in [-0.25, -0.2) is 4.99 Å². The van der Waals surface area contributed by atoms with Crippen LogP contribution in [0.1, 0.15) is 6.92 Å². The summed E-state index contributed by atoms with van der Waals surface area (Å²) in [6, 6.07) is 0. The van der Waals surface area contributed by atoms with Crippen LogP contribution in [0.25, 0.3) is 0 Å². The average molecular weight is 280 g/mol. The number of likely N-dealkylation sites (tertiary alicyclic amines) is 1. The first-order valence-electron chi connectivity index (χ1n) is 3.93. The maximum absolute atomic E-state index is 8.78. The monoisotopic (exact) mass is 280 g/mol. The highest BCUT2D eigenvalue weighted by Crippen LogP contribution is 2.14. The molecule has 0 bridgehead atoms. The summed E-state index contributed by atoms with van der Waals surface area (Å²) >= 11 is 2.14. The van der Waals surface area contributed by atoms with Gasteiger partial charge in [0.25, 0.3) is 0 Å². The van der Waals surface area contributed by atoms with Crippen LogP contribution in [0.15, 0.2) is 15.3 Å². The number of halogens is 1. The van der Waals surface area contributed by atoms with Gasteiger partial charge in [0.1, 0.15) is 5.84 Å². The van der Waals surface area contributed by atoms with E-state index in [0.29, 0.717) is 12.5 Å². The summed E-state index contributed by atoms with van der Waals surface area (Å²) in [6.07, 6.45) is 1.78. The Bertz CT molecular complexity index is 197. The molecule has 1 fully saturated rings. The summed E-state index contributed by atoms with van der Waals surface area (Å²) in [5.41, 5.74) is 0. The Hall–Kier alpha value is -0.100. The minimum atomic E-state index is 0.298. The molecule has 0 spiro atoms. The summed E-state index contributed by atoms with van der Waals surface area (Å²) in [6.45, 7) is 4.18. The van der Waals surface area contributed by atoms with Crippen LogP contribution in [0.3, 0.4) is 0 Å². The molecule has 0 unspecified atom stereocenters. The SMILES string of the molecule is C/C(=N\C=C/I)N1CC(CO)C1. The van der Waals surface area contributed by atoms with Gasteiger partial charge >= 0.3 is 0 Å². The van der Waals surface area contributed by atoms with Crippen LogP contribution >= 0.6 is 22.6 Å². The Kier molecular flexibility index (Phi) is 4.00. The van der Waals surface area contributed by atoms with Gasteiger partial charge in [-0.1, -0.05) is 22.6 Å². The second-order valence-electron chi connectivity index (χ2n) is 2.90. The lowest BCUT2D eigenvalue weighted by atomic mass is 10.0. The molecule has 0 aromatic carbocycles. The van der Waals surface area contributed by atoms with Gasteiger partial charge in [-0.05, 0) is 11.0 Å². The van der Waals surface area contributed by atoms with Crippen molar-refractivity contribution < 1.29 is 5.11 Å². The standard InChI is InChI=1S/C8H13IN2O/c1-7(10-3-2-9)11-4-8(5-11)6-12/h2-3,8,12H,4-6H2,1H3/b3-2-,10-7+. The Labute approximate surface area is 86.3 Å². The predicted octanol–water partition coefficient (Wildman–Crippen LogP) is 1.24. The van der Waals surface area contributed by atoms with E-state index in [1.54, 1.807) is 6.20 Å². The predicted molar refractivity (Wildman–Crippen MR) is 58.4 cm³/mol. The molecule has 0 aromatic heterocycles. The van der Waals surface area contributed by atoms with E-state index in [4.69, 9.17) is 5.11 Å². The first kappa shape index (κ1) is 9.98. The highest BCUT2D eigenvalue weighted by atomic mass is 127. The molecule has 3 nitrogen and oxygen atoms in total. The van der Waals surface area contributed by atoms with E-state index in [2.05, 4.69) is 32.5 Å². The van der Waals surface area contributed by atoms with Crippen LogP contribution in [0.2, 0.25) is 0 Å². The summed E-state index contributed by atoms with van der Waals surface area (Å²) < 4.78 is 1.88. The Morgan fingerprint density at radius 3 is 2.92 bits per heavy atom. The number of hydrogen-bond acceptors (Lipinski definition) is 2. The Balaban J connectivity index is 2.32. The zero-order valence-electron chi connectivity index (χ0n) is 7.07. The van der Waals surface area contributed by atoms with E-state index in [1.807, 2.05) is 11.0 Å². The van der Waals surface area contributed by atoms with E-state index < -0.39 is 0 Å². The van der Waals surface area contributed by atoms with E-state index >= 15 is 0 Å². The zero-order valence-corrected chi connectivity index (χ0v) is 9.23. The molecule has 68 valence electrons. The first-order chi connectivity index (χ1) is 5.77. The molecule has 4 heteroatoms. The second kappa shape index (κ2) is 4.81. The number of hydrogen-bond donors (Lipinski definition) is 1. The molecule has 0 saturated carbocycles. The van der Waals surface area contributed by atoms with E-state index in [-0.39, 0.29) is 0 Å². The van der Waals surface area contributed by atoms with Crippen LogP contribution in [0, 0.1) is 5.92 Å². The molecule has 1 N–H and O–H groups in total. The molecule has 1 rings (SSSR count). The van der Waals surface area contributed by atoms with Crippen molar-refractivity contribution in [1.82, 2.24) is 4.90 Å². The van der Waals surface area contributed by atoms with E-state index in [9.17, 15) is 0 Å². The molecular weight excluding hydrogens is 267 g/mol. The molecule has 1 saturated heterocycles. The minimum Gasteiger partial charge on any atom is -0.396 e. The largest absolute Gasteiger partial charge is 0.396 e. The molecule has 12 heavy (non-hydrogen) atoms. The summed E-state index contributed by atoms with van der Waals surface area (Å²) in [5.74, 6) is 1.49. The molecule has 0 atom stereocenters. The fraction of sp³-hybridized carbons (Fsp3) is 0.625. The summed E-state index contributed by atoms with van der Waals surface area (Å²) in [5, 5.41) is 8.78. The van der Waals surface area contributed by atoms with Crippen molar-refractivity contribution in [2.45, 2.75) is 6.92 Å². The minimum absolute atomic E-state index is 0.298. The lowest BCUT2D eigenvalue weighted by Crippen LogP contribution is -2.50. The van der Waals surface area contributed by atoms with Crippen LogP contribution in [-0.4, -0.2) is 35.5 Å². The van der Waals surface area contributed by atoms with Crippen LogP contribution < -0.4 is 0 Å². The number of aliphatic hydroxyl groups excluding tert-OH is 1. The number of nitrogens with zero attached hydrogens (tertiary/aromatic N) is 2. The summed E-state index contributed by atoms with van der Waals surface area (Å²) in [4.78, 5) is 6.37. The number of aliphatic imine (C=N–C) groups is 1. The third-order valence-corrected chi connectivity index (χ3v) is 2.31. The van der Waals surface area contributed by atoms with E-state index in [1.165, 1.54) is 0 Å². The van der Waals surface area contributed by atoms with Gasteiger partial charge in [-0.2, -0.15) is 0 Å². The molecule has 1 aliphatic heterocycles. The van der Waals surface area contributed by atoms with Gasteiger partial charge in [0.2, 0.25) is 0 Å². The first-order valence-corrected chi connectivity index (χ1v) is 5.18. The van der Waals surface area contributed by atoms with Crippen molar-refractivity contribution in [3.05, 3.63) is 10.3 Å². The van der Waals surface area contributed by atoms with Crippen LogP contribution in [0.4, 0.5) is 0 Å². The molecule has 0 amide bonds. The quantitative estimate of drug-likeness (QED) is 0.469. The molecular formula is C8H13IN2O. The number of rotatable bonds is 2. The van der Waals surface area contributed by atoms with Gasteiger partial charge in [-0.15, -0.1) is 0 Å².